The Morgan fingerprint density at radius 3 is 2.57 bits per heavy atom. The average molecular weight is 301 g/mol. The second kappa shape index (κ2) is 7.15. The van der Waals surface area contributed by atoms with Gasteiger partial charge in [-0.15, -0.1) is 11.8 Å². The van der Waals surface area contributed by atoms with Gasteiger partial charge in [-0.05, 0) is 24.1 Å². The summed E-state index contributed by atoms with van der Waals surface area (Å²) in [5.41, 5.74) is 11.1. The third kappa shape index (κ3) is 3.77. The fourth-order valence-electron chi connectivity index (χ4n) is 2.06. The van der Waals surface area contributed by atoms with Crippen molar-refractivity contribution in [3.8, 4) is 0 Å². The third-order valence-electron chi connectivity index (χ3n) is 3.35. The molecule has 0 heterocycles. The van der Waals surface area contributed by atoms with E-state index in [1.54, 1.807) is 11.8 Å². The lowest BCUT2D eigenvalue weighted by Gasteiger charge is -2.16. The first-order valence-corrected chi connectivity index (χ1v) is 7.65. The van der Waals surface area contributed by atoms with Gasteiger partial charge in [-0.1, -0.05) is 42.5 Å². The Bertz CT molecular complexity index is 616. The maximum absolute atomic E-state index is 12.0. The molecule has 0 saturated heterocycles. The zero-order valence-corrected chi connectivity index (χ0v) is 12.7. The Labute approximate surface area is 128 Å². The summed E-state index contributed by atoms with van der Waals surface area (Å²) in [6.45, 7) is 1.97. The van der Waals surface area contributed by atoms with Gasteiger partial charge in [0.05, 0.1) is 5.92 Å². The minimum atomic E-state index is -0.305. The number of aryl methyl sites for hydroxylation is 1. The first-order chi connectivity index (χ1) is 10.1. The molecule has 21 heavy (non-hydrogen) atoms. The van der Waals surface area contributed by atoms with Crippen LogP contribution < -0.4 is 17.0 Å². The Balaban J connectivity index is 2.17. The topological polar surface area (TPSA) is 81.1 Å². The second-order valence-electron chi connectivity index (χ2n) is 4.77. The number of carbonyl (C=O) groups is 1. The van der Waals surface area contributed by atoms with Gasteiger partial charge in [-0.3, -0.25) is 10.2 Å². The van der Waals surface area contributed by atoms with Gasteiger partial charge in [0.15, 0.2) is 0 Å². The zero-order chi connectivity index (χ0) is 15.2. The molecule has 0 bridgehead atoms. The zero-order valence-electron chi connectivity index (χ0n) is 11.9. The monoisotopic (exact) mass is 301 g/mol. The number of carbonyl (C=O) groups excluding carboxylic acids is 1. The van der Waals surface area contributed by atoms with E-state index in [9.17, 15) is 4.79 Å². The number of hydrogen-bond donors (Lipinski definition) is 3. The maximum atomic E-state index is 12.0. The van der Waals surface area contributed by atoms with Gasteiger partial charge in [0.2, 0.25) is 5.91 Å². The molecule has 0 fully saturated rings. The molecule has 0 saturated carbocycles. The fraction of sp³-hybridized carbons (Fsp3) is 0.188. The molecule has 2 aromatic carbocycles. The molecule has 0 radical (unpaired) electrons. The number of benzene rings is 2. The van der Waals surface area contributed by atoms with Gasteiger partial charge in [0, 0.05) is 16.3 Å². The van der Waals surface area contributed by atoms with E-state index in [-0.39, 0.29) is 11.8 Å². The molecule has 1 amide bonds. The van der Waals surface area contributed by atoms with Crippen molar-refractivity contribution in [1.29, 1.82) is 0 Å². The van der Waals surface area contributed by atoms with E-state index in [1.807, 2.05) is 55.5 Å². The van der Waals surface area contributed by atoms with E-state index >= 15 is 0 Å². The summed E-state index contributed by atoms with van der Waals surface area (Å²) in [6, 6.07) is 15.5. The molecule has 4 nitrogen and oxygen atoms in total. The maximum Gasteiger partial charge on any atom is 0.242 e. The van der Waals surface area contributed by atoms with Crippen LogP contribution in [0.4, 0.5) is 5.69 Å². The summed E-state index contributed by atoms with van der Waals surface area (Å²) in [5, 5.41) is 0. The van der Waals surface area contributed by atoms with Crippen molar-refractivity contribution in [3.63, 3.8) is 0 Å². The highest BCUT2D eigenvalue weighted by atomic mass is 32.2. The third-order valence-corrected chi connectivity index (χ3v) is 4.52. The van der Waals surface area contributed by atoms with E-state index in [2.05, 4.69) is 5.43 Å². The van der Waals surface area contributed by atoms with Gasteiger partial charge in [0.25, 0.3) is 0 Å². The molecular weight excluding hydrogens is 282 g/mol. The van der Waals surface area contributed by atoms with Gasteiger partial charge >= 0.3 is 0 Å². The summed E-state index contributed by atoms with van der Waals surface area (Å²) in [5.74, 6) is 5.38. The van der Waals surface area contributed by atoms with Crippen LogP contribution in [0.5, 0.6) is 0 Å². The predicted octanol–water partition coefficient (Wildman–Crippen LogP) is 2.44. The van der Waals surface area contributed by atoms with Crippen LogP contribution in [0.25, 0.3) is 0 Å². The molecule has 2 aromatic rings. The summed E-state index contributed by atoms with van der Waals surface area (Å²) < 4.78 is 0. The molecule has 5 heteroatoms. The SMILES string of the molecule is Cc1cccc(SCC(C(=O)NN)c2ccccc2)c1N. The van der Waals surface area contributed by atoms with Gasteiger partial charge in [0.1, 0.15) is 0 Å². The highest BCUT2D eigenvalue weighted by Crippen LogP contribution is 2.31. The number of anilines is 1. The highest BCUT2D eigenvalue weighted by molar-refractivity contribution is 7.99. The minimum Gasteiger partial charge on any atom is -0.398 e. The first-order valence-electron chi connectivity index (χ1n) is 6.66. The molecule has 0 aliphatic carbocycles. The summed E-state index contributed by atoms with van der Waals surface area (Å²) in [7, 11) is 0. The van der Waals surface area contributed by atoms with E-state index in [4.69, 9.17) is 11.6 Å². The van der Waals surface area contributed by atoms with Crippen molar-refractivity contribution in [2.75, 3.05) is 11.5 Å². The van der Waals surface area contributed by atoms with E-state index in [0.29, 0.717) is 5.75 Å². The lowest BCUT2D eigenvalue weighted by Crippen LogP contribution is -2.35. The van der Waals surface area contributed by atoms with Crippen molar-refractivity contribution in [2.45, 2.75) is 17.7 Å². The van der Waals surface area contributed by atoms with Crippen molar-refractivity contribution >= 4 is 23.4 Å². The van der Waals surface area contributed by atoms with Gasteiger partial charge in [-0.25, -0.2) is 5.84 Å². The normalized spacial score (nSPS) is 11.9. The lowest BCUT2D eigenvalue weighted by atomic mass is 10.0. The number of nitrogens with two attached hydrogens (primary N) is 2. The lowest BCUT2D eigenvalue weighted by molar-refractivity contribution is -0.122. The number of para-hydroxylation sites is 1. The first kappa shape index (κ1) is 15.4. The Kier molecular flexibility index (Phi) is 5.25. The molecule has 0 aliphatic rings. The Morgan fingerprint density at radius 2 is 1.90 bits per heavy atom. The van der Waals surface area contributed by atoms with E-state index in [1.165, 1.54) is 0 Å². The molecule has 0 aromatic heterocycles. The Hall–Kier alpha value is -1.98. The standard InChI is InChI=1S/C16H19N3OS/c1-11-6-5-9-14(15(11)17)21-10-13(16(20)19-18)12-7-3-2-4-8-12/h2-9,13H,10,17-18H2,1H3,(H,19,20). The van der Waals surface area contributed by atoms with Gasteiger partial charge in [-0.2, -0.15) is 0 Å². The number of nitrogens with one attached hydrogen (secondary N) is 1. The van der Waals surface area contributed by atoms with Crippen molar-refractivity contribution in [3.05, 3.63) is 59.7 Å². The Morgan fingerprint density at radius 1 is 1.19 bits per heavy atom. The number of rotatable bonds is 5. The minimum absolute atomic E-state index is 0.195. The summed E-state index contributed by atoms with van der Waals surface area (Å²) >= 11 is 1.57. The number of hydrogen-bond acceptors (Lipinski definition) is 4. The van der Waals surface area contributed by atoms with Crippen LogP contribution in [0.15, 0.2) is 53.4 Å². The molecule has 1 unspecified atom stereocenters. The molecular formula is C16H19N3OS. The van der Waals surface area contributed by atoms with E-state index < -0.39 is 0 Å². The number of amides is 1. The number of nitrogen functional groups attached to an aromatic ring is 1. The fourth-order valence-corrected chi connectivity index (χ4v) is 3.24. The van der Waals surface area contributed by atoms with Crippen LogP contribution in [0.2, 0.25) is 0 Å². The molecule has 0 spiro atoms. The van der Waals surface area contributed by atoms with Crippen LogP contribution in [-0.2, 0) is 4.79 Å². The molecule has 110 valence electrons. The van der Waals surface area contributed by atoms with Crippen molar-refractivity contribution < 1.29 is 4.79 Å². The molecule has 2 rings (SSSR count). The molecule has 1 atom stereocenters. The number of hydrazine groups is 1. The van der Waals surface area contributed by atoms with Crippen LogP contribution in [-0.4, -0.2) is 11.7 Å². The van der Waals surface area contributed by atoms with Crippen LogP contribution in [0, 0.1) is 6.92 Å². The average Bonchev–Trinajstić information content (AvgIpc) is 2.52. The van der Waals surface area contributed by atoms with Gasteiger partial charge < -0.3 is 5.73 Å². The van der Waals surface area contributed by atoms with E-state index in [0.717, 1.165) is 21.7 Å². The summed E-state index contributed by atoms with van der Waals surface area (Å²) in [6.07, 6.45) is 0. The molecule has 0 aliphatic heterocycles. The smallest absolute Gasteiger partial charge is 0.242 e. The van der Waals surface area contributed by atoms with Crippen molar-refractivity contribution in [2.24, 2.45) is 5.84 Å². The van der Waals surface area contributed by atoms with Crippen LogP contribution >= 0.6 is 11.8 Å². The predicted molar refractivity (Wildman–Crippen MR) is 87.8 cm³/mol. The van der Waals surface area contributed by atoms with Crippen LogP contribution in [0.1, 0.15) is 17.0 Å². The summed E-state index contributed by atoms with van der Waals surface area (Å²) in [4.78, 5) is 13.0. The molecule has 5 N–H and O–H groups in total. The quantitative estimate of drug-likeness (QED) is 0.260. The largest absolute Gasteiger partial charge is 0.398 e. The number of thioether (sulfide) groups is 1. The highest BCUT2D eigenvalue weighted by Gasteiger charge is 2.20. The second-order valence-corrected chi connectivity index (χ2v) is 5.83. The van der Waals surface area contributed by atoms with Crippen molar-refractivity contribution in [1.82, 2.24) is 5.43 Å². The van der Waals surface area contributed by atoms with Crippen LogP contribution in [0.3, 0.4) is 0 Å².